The van der Waals surface area contributed by atoms with Crippen molar-refractivity contribution in [3.8, 4) is 0 Å². The number of aliphatic hydroxyl groups excluding tert-OH is 1. The van der Waals surface area contributed by atoms with E-state index >= 15 is 0 Å². The Morgan fingerprint density at radius 3 is 2.58 bits per heavy atom. The van der Waals surface area contributed by atoms with E-state index in [0.717, 1.165) is 0 Å². The van der Waals surface area contributed by atoms with E-state index < -0.39 is 6.04 Å². The van der Waals surface area contributed by atoms with Gasteiger partial charge in [-0.2, -0.15) is 0 Å². The molecule has 0 heterocycles. The van der Waals surface area contributed by atoms with Crippen molar-refractivity contribution in [2.45, 2.75) is 6.04 Å². The summed E-state index contributed by atoms with van der Waals surface area (Å²) in [5, 5.41) is 14.0. The van der Waals surface area contributed by atoms with Gasteiger partial charge in [0.2, 0.25) is 5.91 Å². The zero-order valence-corrected chi connectivity index (χ0v) is 10.8. The van der Waals surface area contributed by atoms with Crippen LogP contribution in [0.2, 0.25) is 0 Å². The SMILES string of the molecule is COCC(CO)NC(=O)CNC(=O)c1ccccc1. The Balaban J connectivity index is 2.36. The molecule has 6 nitrogen and oxygen atoms in total. The van der Waals surface area contributed by atoms with E-state index in [4.69, 9.17) is 9.84 Å². The van der Waals surface area contributed by atoms with Crippen LogP contribution >= 0.6 is 0 Å². The van der Waals surface area contributed by atoms with E-state index in [1.54, 1.807) is 30.3 Å². The summed E-state index contributed by atoms with van der Waals surface area (Å²) < 4.78 is 4.83. The third kappa shape index (κ3) is 5.50. The van der Waals surface area contributed by atoms with Crippen LogP contribution in [0.25, 0.3) is 0 Å². The topological polar surface area (TPSA) is 87.7 Å². The van der Waals surface area contributed by atoms with Crippen LogP contribution in [0.3, 0.4) is 0 Å². The second-order valence-corrected chi connectivity index (χ2v) is 3.95. The molecule has 0 aliphatic heterocycles. The van der Waals surface area contributed by atoms with Gasteiger partial charge in [-0.3, -0.25) is 9.59 Å². The fourth-order valence-corrected chi connectivity index (χ4v) is 1.47. The van der Waals surface area contributed by atoms with Crippen molar-refractivity contribution in [1.29, 1.82) is 0 Å². The van der Waals surface area contributed by atoms with Gasteiger partial charge in [-0.05, 0) is 12.1 Å². The average Bonchev–Trinajstić information content (AvgIpc) is 2.45. The zero-order valence-electron chi connectivity index (χ0n) is 10.8. The van der Waals surface area contributed by atoms with E-state index in [1.165, 1.54) is 7.11 Å². The molecule has 0 aromatic heterocycles. The molecule has 0 bridgehead atoms. The fraction of sp³-hybridized carbons (Fsp3) is 0.385. The van der Waals surface area contributed by atoms with E-state index in [-0.39, 0.29) is 31.6 Å². The maximum Gasteiger partial charge on any atom is 0.251 e. The first-order chi connectivity index (χ1) is 9.17. The predicted octanol–water partition coefficient (Wildman–Crippen LogP) is -0.460. The number of amides is 2. The van der Waals surface area contributed by atoms with Crippen molar-refractivity contribution < 1.29 is 19.4 Å². The smallest absolute Gasteiger partial charge is 0.251 e. The van der Waals surface area contributed by atoms with Crippen molar-refractivity contribution in [2.75, 3.05) is 26.9 Å². The van der Waals surface area contributed by atoms with Crippen molar-refractivity contribution in [3.63, 3.8) is 0 Å². The summed E-state index contributed by atoms with van der Waals surface area (Å²) in [4.78, 5) is 23.2. The number of ether oxygens (including phenoxy) is 1. The van der Waals surface area contributed by atoms with Crippen LogP contribution in [-0.2, 0) is 9.53 Å². The molecule has 0 spiro atoms. The molecular formula is C13H18N2O4. The van der Waals surface area contributed by atoms with Crippen LogP contribution in [-0.4, -0.2) is 49.8 Å². The van der Waals surface area contributed by atoms with E-state index in [9.17, 15) is 9.59 Å². The Hall–Kier alpha value is -1.92. The Labute approximate surface area is 111 Å². The lowest BCUT2D eigenvalue weighted by Gasteiger charge is -2.15. The highest BCUT2D eigenvalue weighted by Crippen LogP contribution is 1.97. The van der Waals surface area contributed by atoms with Gasteiger partial charge >= 0.3 is 0 Å². The second kappa shape index (κ2) is 8.23. The number of methoxy groups -OCH3 is 1. The highest BCUT2D eigenvalue weighted by atomic mass is 16.5. The van der Waals surface area contributed by atoms with Crippen LogP contribution in [0.5, 0.6) is 0 Å². The standard InChI is InChI=1S/C13H18N2O4/c1-19-9-11(8-16)15-12(17)7-14-13(18)10-5-3-2-4-6-10/h2-6,11,16H,7-9H2,1H3,(H,14,18)(H,15,17). The van der Waals surface area contributed by atoms with Crippen molar-refractivity contribution in [3.05, 3.63) is 35.9 Å². The van der Waals surface area contributed by atoms with Gasteiger partial charge in [-0.1, -0.05) is 18.2 Å². The summed E-state index contributed by atoms with van der Waals surface area (Å²) >= 11 is 0. The number of carbonyl (C=O) groups is 2. The minimum atomic E-state index is -0.467. The third-order valence-electron chi connectivity index (χ3n) is 2.40. The number of carbonyl (C=O) groups excluding carboxylic acids is 2. The van der Waals surface area contributed by atoms with E-state index in [0.29, 0.717) is 5.56 Å². The zero-order chi connectivity index (χ0) is 14.1. The molecule has 1 aromatic carbocycles. The molecular weight excluding hydrogens is 248 g/mol. The van der Waals surface area contributed by atoms with Crippen LogP contribution in [0.4, 0.5) is 0 Å². The first-order valence-corrected chi connectivity index (χ1v) is 5.89. The summed E-state index contributed by atoms with van der Waals surface area (Å²) in [5.74, 6) is -0.691. The van der Waals surface area contributed by atoms with Gasteiger partial charge in [-0.25, -0.2) is 0 Å². The lowest BCUT2D eigenvalue weighted by Crippen LogP contribution is -2.45. The van der Waals surface area contributed by atoms with Crippen LogP contribution in [0.15, 0.2) is 30.3 Å². The predicted molar refractivity (Wildman–Crippen MR) is 69.7 cm³/mol. The average molecular weight is 266 g/mol. The summed E-state index contributed by atoms with van der Waals surface area (Å²) in [7, 11) is 1.48. The number of hydrogen-bond acceptors (Lipinski definition) is 4. The van der Waals surface area contributed by atoms with Crippen molar-refractivity contribution in [2.24, 2.45) is 0 Å². The van der Waals surface area contributed by atoms with Crippen LogP contribution < -0.4 is 10.6 Å². The molecule has 2 amide bonds. The largest absolute Gasteiger partial charge is 0.394 e. The van der Waals surface area contributed by atoms with Gasteiger partial charge in [0.25, 0.3) is 5.91 Å². The van der Waals surface area contributed by atoms with Gasteiger partial charge in [0.1, 0.15) is 0 Å². The van der Waals surface area contributed by atoms with Crippen molar-refractivity contribution in [1.82, 2.24) is 10.6 Å². The molecule has 1 atom stereocenters. The first kappa shape index (κ1) is 15.1. The molecule has 104 valence electrons. The first-order valence-electron chi connectivity index (χ1n) is 5.89. The summed E-state index contributed by atoms with van der Waals surface area (Å²) in [5.41, 5.74) is 0.492. The lowest BCUT2D eigenvalue weighted by atomic mass is 10.2. The molecule has 0 saturated heterocycles. The molecule has 0 aliphatic carbocycles. The Kier molecular flexibility index (Phi) is 6.56. The normalized spacial score (nSPS) is 11.7. The number of hydrogen-bond donors (Lipinski definition) is 3. The molecule has 1 rings (SSSR count). The highest BCUT2D eigenvalue weighted by molar-refractivity contribution is 5.96. The third-order valence-corrected chi connectivity index (χ3v) is 2.40. The quantitative estimate of drug-likeness (QED) is 0.623. The molecule has 19 heavy (non-hydrogen) atoms. The minimum absolute atomic E-state index is 0.145. The van der Waals surface area contributed by atoms with Gasteiger partial charge in [-0.15, -0.1) is 0 Å². The Bertz CT molecular complexity index is 408. The highest BCUT2D eigenvalue weighted by Gasteiger charge is 2.12. The lowest BCUT2D eigenvalue weighted by molar-refractivity contribution is -0.121. The molecule has 1 unspecified atom stereocenters. The van der Waals surface area contributed by atoms with Gasteiger partial charge in [0.15, 0.2) is 0 Å². The molecule has 0 aliphatic rings. The molecule has 0 radical (unpaired) electrons. The number of nitrogens with one attached hydrogen (secondary N) is 2. The molecule has 0 fully saturated rings. The number of rotatable bonds is 7. The van der Waals surface area contributed by atoms with Gasteiger partial charge in [0, 0.05) is 12.7 Å². The second-order valence-electron chi connectivity index (χ2n) is 3.95. The summed E-state index contributed by atoms with van der Waals surface area (Å²) in [6.07, 6.45) is 0. The summed E-state index contributed by atoms with van der Waals surface area (Å²) in [6, 6.07) is 8.15. The van der Waals surface area contributed by atoms with Crippen molar-refractivity contribution >= 4 is 11.8 Å². The van der Waals surface area contributed by atoms with Gasteiger partial charge in [0.05, 0.1) is 25.8 Å². The van der Waals surface area contributed by atoms with Crippen LogP contribution in [0.1, 0.15) is 10.4 Å². The molecule has 3 N–H and O–H groups in total. The minimum Gasteiger partial charge on any atom is -0.394 e. The Morgan fingerprint density at radius 1 is 1.32 bits per heavy atom. The van der Waals surface area contributed by atoms with E-state index in [1.807, 2.05) is 0 Å². The maximum atomic E-state index is 11.7. The molecule has 1 aromatic rings. The molecule has 6 heteroatoms. The van der Waals surface area contributed by atoms with Gasteiger partial charge < -0.3 is 20.5 Å². The Morgan fingerprint density at radius 2 is 2.00 bits per heavy atom. The fourth-order valence-electron chi connectivity index (χ4n) is 1.47. The number of benzene rings is 1. The molecule has 0 saturated carbocycles. The number of aliphatic hydroxyl groups is 1. The monoisotopic (exact) mass is 266 g/mol. The van der Waals surface area contributed by atoms with Crippen LogP contribution in [0, 0.1) is 0 Å². The summed E-state index contributed by atoms with van der Waals surface area (Å²) in [6.45, 7) is -0.144. The maximum absolute atomic E-state index is 11.7. The van der Waals surface area contributed by atoms with E-state index in [2.05, 4.69) is 10.6 Å².